The summed E-state index contributed by atoms with van der Waals surface area (Å²) in [4.78, 5) is 9.41. The maximum Gasteiger partial charge on any atom is 0.230 e. The Morgan fingerprint density at radius 1 is 0.815 bits per heavy atom. The van der Waals surface area contributed by atoms with Crippen molar-refractivity contribution in [1.82, 2.24) is 9.97 Å². The molecule has 0 aliphatic carbocycles. The summed E-state index contributed by atoms with van der Waals surface area (Å²) >= 11 is 0. The molecule has 0 fully saturated rings. The molecule has 0 spiro atoms. The summed E-state index contributed by atoms with van der Waals surface area (Å²) < 4.78 is 6.17. The van der Waals surface area contributed by atoms with Crippen LogP contribution in [0.1, 0.15) is 31.7 Å². The zero-order valence-corrected chi connectivity index (χ0v) is 15.6. The summed E-state index contributed by atoms with van der Waals surface area (Å²) in [6.45, 7) is 4.44. The number of ether oxygens (including phenoxy) is 1. The minimum Gasteiger partial charge on any atom is -0.438 e. The molecule has 27 heavy (non-hydrogen) atoms. The van der Waals surface area contributed by atoms with Crippen LogP contribution in [0.3, 0.4) is 0 Å². The monoisotopic (exact) mass is 354 g/mol. The van der Waals surface area contributed by atoms with Crippen LogP contribution in [-0.4, -0.2) is 9.97 Å². The van der Waals surface area contributed by atoms with E-state index in [0.717, 1.165) is 28.6 Å². The molecule has 3 heteroatoms. The van der Waals surface area contributed by atoms with Crippen LogP contribution in [0.4, 0.5) is 0 Å². The Morgan fingerprint density at radius 2 is 1.52 bits per heavy atom. The van der Waals surface area contributed by atoms with Gasteiger partial charge in [0.05, 0.1) is 10.9 Å². The Bertz CT molecular complexity index is 1040. The molecule has 0 aliphatic rings. The molecule has 0 aliphatic heterocycles. The van der Waals surface area contributed by atoms with Crippen molar-refractivity contribution in [2.75, 3.05) is 0 Å². The van der Waals surface area contributed by atoms with Crippen LogP contribution in [-0.2, 0) is 0 Å². The molecule has 1 atom stereocenters. The molecular formula is C24H22N2O. The van der Waals surface area contributed by atoms with Crippen molar-refractivity contribution >= 4 is 10.9 Å². The maximum absolute atomic E-state index is 6.17. The summed E-state index contributed by atoms with van der Waals surface area (Å²) in [5.41, 5.74) is 3.17. The van der Waals surface area contributed by atoms with E-state index in [4.69, 9.17) is 14.7 Å². The molecule has 3 nitrogen and oxygen atoms in total. The number of hydrogen-bond acceptors (Lipinski definition) is 3. The lowest BCUT2D eigenvalue weighted by atomic mass is 9.99. The molecule has 0 N–H and O–H groups in total. The van der Waals surface area contributed by atoms with Crippen molar-refractivity contribution in [3.05, 3.63) is 84.4 Å². The molecule has 0 radical (unpaired) electrons. The lowest BCUT2D eigenvalue weighted by molar-refractivity contribution is 0.468. The first kappa shape index (κ1) is 17.2. The molecule has 3 aromatic carbocycles. The quantitative estimate of drug-likeness (QED) is 0.405. The standard InChI is InChI=1S/C24H22N2O/c1-3-17(2)18-13-15-20(16-14-18)27-24-21-11-7-8-12-22(21)25-23(26-24)19-9-5-4-6-10-19/h4-17H,3H2,1-2H3. The highest BCUT2D eigenvalue weighted by atomic mass is 16.5. The number of para-hydroxylation sites is 1. The predicted octanol–water partition coefficient (Wildman–Crippen LogP) is 6.60. The molecule has 0 amide bonds. The van der Waals surface area contributed by atoms with E-state index in [2.05, 4.69) is 26.0 Å². The third-order valence-corrected chi connectivity index (χ3v) is 4.88. The van der Waals surface area contributed by atoms with Crippen LogP contribution in [0.5, 0.6) is 11.6 Å². The SMILES string of the molecule is CCC(C)c1ccc(Oc2nc(-c3ccccc3)nc3ccccc23)cc1. The van der Waals surface area contributed by atoms with E-state index in [0.29, 0.717) is 17.6 Å². The topological polar surface area (TPSA) is 35.0 Å². The van der Waals surface area contributed by atoms with Gasteiger partial charge in [0.15, 0.2) is 5.82 Å². The number of hydrogen-bond donors (Lipinski definition) is 0. The first-order chi connectivity index (χ1) is 13.2. The summed E-state index contributed by atoms with van der Waals surface area (Å²) in [5, 5.41) is 0.906. The van der Waals surface area contributed by atoms with E-state index < -0.39 is 0 Å². The third-order valence-electron chi connectivity index (χ3n) is 4.88. The Labute approximate surface area is 159 Å². The van der Waals surface area contributed by atoms with Crippen LogP contribution in [0.15, 0.2) is 78.9 Å². The van der Waals surface area contributed by atoms with Crippen molar-refractivity contribution in [1.29, 1.82) is 0 Å². The highest BCUT2D eigenvalue weighted by molar-refractivity contribution is 5.85. The van der Waals surface area contributed by atoms with E-state index >= 15 is 0 Å². The number of rotatable bonds is 5. The highest BCUT2D eigenvalue weighted by Crippen LogP contribution is 2.31. The van der Waals surface area contributed by atoms with Crippen LogP contribution >= 0.6 is 0 Å². The van der Waals surface area contributed by atoms with Crippen molar-refractivity contribution in [2.45, 2.75) is 26.2 Å². The second-order valence-corrected chi connectivity index (χ2v) is 6.72. The predicted molar refractivity (Wildman–Crippen MR) is 110 cm³/mol. The maximum atomic E-state index is 6.17. The molecule has 1 unspecified atom stereocenters. The van der Waals surface area contributed by atoms with Crippen molar-refractivity contribution in [3.63, 3.8) is 0 Å². The van der Waals surface area contributed by atoms with Crippen LogP contribution < -0.4 is 4.74 Å². The lowest BCUT2D eigenvalue weighted by Gasteiger charge is -2.12. The van der Waals surface area contributed by atoms with Gasteiger partial charge in [-0.1, -0.05) is 68.4 Å². The molecule has 134 valence electrons. The third kappa shape index (κ3) is 3.68. The summed E-state index contributed by atoms with van der Waals surface area (Å²) in [5.74, 6) is 2.57. The Morgan fingerprint density at radius 3 is 2.26 bits per heavy atom. The number of fused-ring (bicyclic) bond motifs is 1. The Balaban J connectivity index is 1.74. The van der Waals surface area contributed by atoms with Gasteiger partial charge in [0.25, 0.3) is 0 Å². The molecule has 1 heterocycles. The smallest absolute Gasteiger partial charge is 0.230 e. The largest absolute Gasteiger partial charge is 0.438 e. The summed E-state index contributed by atoms with van der Waals surface area (Å²) in [7, 11) is 0. The van der Waals surface area contributed by atoms with E-state index in [-0.39, 0.29) is 0 Å². The van der Waals surface area contributed by atoms with Crippen LogP contribution in [0.25, 0.3) is 22.3 Å². The van der Waals surface area contributed by atoms with Gasteiger partial charge in [0.1, 0.15) is 5.75 Å². The van der Waals surface area contributed by atoms with Crippen molar-refractivity contribution < 1.29 is 4.74 Å². The van der Waals surface area contributed by atoms with Gasteiger partial charge in [-0.3, -0.25) is 0 Å². The molecule has 4 aromatic rings. The van der Waals surface area contributed by atoms with E-state index in [1.54, 1.807) is 0 Å². The molecule has 0 bridgehead atoms. The number of nitrogens with zero attached hydrogens (tertiary/aromatic N) is 2. The highest BCUT2D eigenvalue weighted by Gasteiger charge is 2.11. The van der Waals surface area contributed by atoms with Crippen molar-refractivity contribution in [2.24, 2.45) is 0 Å². The fourth-order valence-corrected chi connectivity index (χ4v) is 3.05. The van der Waals surface area contributed by atoms with Gasteiger partial charge in [-0.2, -0.15) is 4.98 Å². The van der Waals surface area contributed by atoms with Gasteiger partial charge in [-0.25, -0.2) is 4.98 Å². The minimum absolute atomic E-state index is 0.545. The van der Waals surface area contributed by atoms with Crippen molar-refractivity contribution in [3.8, 4) is 23.0 Å². The number of aromatic nitrogens is 2. The van der Waals surface area contributed by atoms with Gasteiger partial charge >= 0.3 is 0 Å². The average molecular weight is 354 g/mol. The Hall–Kier alpha value is -3.20. The fourth-order valence-electron chi connectivity index (χ4n) is 3.05. The van der Waals surface area contributed by atoms with E-state index in [1.807, 2.05) is 66.7 Å². The second-order valence-electron chi connectivity index (χ2n) is 6.72. The first-order valence-electron chi connectivity index (χ1n) is 9.34. The van der Waals surface area contributed by atoms with Gasteiger partial charge in [-0.15, -0.1) is 0 Å². The molecule has 0 saturated heterocycles. The van der Waals surface area contributed by atoms with E-state index in [9.17, 15) is 0 Å². The molecular weight excluding hydrogens is 332 g/mol. The molecule has 1 aromatic heterocycles. The molecule has 4 rings (SSSR count). The lowest BCUT2D eigenvalue weighted by Crippen LogP contribution is -1.96. The first-order valence-corrected chi connectivity index (χ1v) is 9.34. The van der Waals surface area contributed by atoms with Crippen LogP contribution in [0.2, 0.25) is 0 Å². The second kappa shape index (κ2) is 7.58. The van der Waals surface area contributed by atoms with E-state index in [1.165, 1.54) is 5.56 Å². The minimum atomic E-state index is 0.545. The zero-order valence-electron chi connectivity index (χ0n) is 15.6. The Kier molecular flexibility index (Phi) is 4.84. The van der Waals surface area contributed by atoms with Gasteiger partial charge in [0, 0.05) is 5.56 Å². The molecule has 0 saturated carbocycles. The summed E-state index contributed by atoms with van der Waals surface area (Å²) in [6, 6.07) is 26.2. The zero-order chi connectivity index (χ0) is 18.6. The average Bonchev–Trinajstić information content (AvgIpc) is 2.74. The number of benzene rings is 3. The van der Waals surface area contributed by atoms with Gasteiger partial charge < -0.3 is 4.74 Å². The normalized spacial score (nSPS) is 12.1. The van der Waals surface area contributed by atoms with Crippen LogP contribution in [0, 0.1) is 0 Å². The fraction of sp³-hybridized carbons (Fsp3) is 0.167. The van der Waals surface area contributed by atoms with Gasteiger partial charge in [-0.05, 0) is 42.2 Å². The van der Waals surface area contributed by atoms with Gasteiger partial charge in [0.2, 0.25) is 5.88 Å². The summed E-state index contributed by atoms with van der Waals surface area (Å²) in [6.07, 6.45) is 1.12.